The summed E-state index contributed by atoms with van der Waals surface area (Å²) in [6.45, 7) is 0. The number of hydrogen-bond acceptors (Lipinski definition) is 1. The average molecular weight is 331 g/mol. The molecule has 0 bridgehead atoms. The summed E-state index contributed by atoms with van der Waals surface area (Å²) in [6, 6.07) is 11.5. The summed E-state index contributed by atoms with van der Waals surface area (Å²) in [5, 5.41) is 0.513. The highest BCUT2D eigenvalue weighted by atomic mass is 79.9. The molecule has 1 nitrogen and oxygen atoms in total. The van der Waals surface area contributed by atoms with E-state index in [0.717, 1.165) is 15.7 Å². The Hall–Kier alpha value is -0.570. The van der Waals surface area contributed by atoms with E-state index in [1.54, 1.807) is 6.20 Å². The minimum absolute atomic E-state index is 0.171. The lowest BCUT2D eigenvalue weighted by Gasteiger charge is -2.11. The van der Waals surface area contributed by atoms with Crippen molar-refractivity contribution in [2.24, 2.45) is 0 Å². The van der Waals surface area contributed by atoms with E-state index >= 15 is 0 Å². The minimum atomic E-state index is -0.171. The summed E-state index contributed by atoms with van der Waals surface area (Å²) in [6.07, 6.45) is 2.43. The number of pyridine rings is 1. The Morgan fingerprint density at radius 2 is 2.06 bits per heavy atom. The predicted octanol–water partition coefficient (Wildman–Crippen LogP) is 5.02. The first-order valence-corrected chi connectivity index (χ1v) is 6.76. The van der Waals surface area contributed by atoms with E-state index in [9.17, 15) is 0 Å². The van der Waals surface area contributed by atoms with Crippen LogP contribution in [-0.2, 0) is 6.42 Å². The standard InChI is InChI=1S/C13H10BrCl2N/c14-9-4-5-12(15)11(7-9)13(16)8-10-3-1-2-6-17-10/h1-7,13H,8H2. The molecule has 1 aromatic carbocycles. The third kappa shape index (κ3) is 3.44. The summed E-state index contributed by atoms with van der Waals surface area (Å²) in [5.41, 5.74) is 1.89. The van der Waals surface area contributed by atoms with Gasteiger partial charge in [0.15, 0.2) is 0 Å². The van der Waals surface area contributed by atoms with Crippen molar-refractivity contribution in [1.82, 2.24) is 4.98 Å². The van der Waals surface area contributed by atoms with Gasteiger partial charge in [0.1, 0.15) is 0 Å². The molecule has 0 aliphatic heterocycles. The number of hydrogen-bond donors (Lipinski definition) is 0. The van der Waals surface area contributed by atoms with E-state index in [2.05, 4.69) is 20.9 Å². The molecule has 1 heterocycles. The molecular formula is C13H10BrCl2N. The number of nitrogens with zero attached hydrogens (tertiary/aromatic N) is 1. The first-order valence-electron chi connectivity index (χ1n) is 5.16. The first kappa shape index (κ1) is 12.9. The summed E-state index contributed by atoms with van der Waals surface area (Å²) >= 11 is 15.9. The fourth-order valence-electron chi connectivity index (χ4n) is 1.57. The fraction of sp³-hybridized carbons (Fsp3) is 0.154. The molecule has 1 aromatic heterocycles. The third-order valence-electron chi connectivity index (χ3n) is 2.41. The number of alkyl halides is 1. The van der Waals surface area contributed by atoms with E-state index in [0.29, 0.717) is 11.4 Å². The van der Waals surface area contributed by atoms with Gasteiger partial charge in [0, 0.05) is 27.8 Å². The van der Waals surface area contributed by atoms with Crippen LogP contribution in [-0.4, -0.2) is 4.98 Å². The van der Waals surface area contributed by atoms with Crippen molar-refractivity contribution in [3.63, 3.8) is 0 Å². The molecule has 0 aliphatic carbocycles. The lowest BCUT2D eigenvalue weighted by Crippen LogP contribution is -1.98. The lowest BCUT2D eigenvalue weighted by molar-refractivity contribution is 0.880. The Balaban J connectivity index is 2.20. The van der Waals surface area contributed by atoms with Crippen LogP contribution in [0.4, 0.5) is 0 Å². The van der Waals surface area contributed by atoms with Gasteiger partial charge in [-0.05, 0) is 35.9 Å². The number of aromatic nitrogens is 1. The van der Waals surface area contributed by atoms with Crippen molar-refractivity contribution in [1.29, 1.82) is 0 Å². The van der Waals surface area contributed by atoms with Gasteiger partial charge in [-0.15, -0.1) is 11.6 Å². The van der Waals surface area contributed by atoms with Gasteiger partial charge in [-0.2, -0.15) is 0 Å². The van der Waals surface area contributed by atoms with E-state index in [1.807, 2.05) is 36.4 Å². The summed E-state index contributed by atoms with van der Waals surface area (Å²) < 4.78 is 0.976. The van der Waals surface area contributed by atoms with Crippen molar-refractivity contribution in [2.45, 2.75) is 11.8 Å². The number of halogens is 3. The fourth-order valence-corrected chi connectivity index (χ4v) is 2.59. The van der Waals surface area contributed by atoms with E-state index < -0.39 is 0 Å². The molecule has 4 heteroatoms. The van der Waals surface area contributed by atoms with Crippen LogP contribution in [0, 0.1) is 0 Å². The van der Waals surface area contributed by atoms with Crippen molar-refractivity contribution in [3.05, 3.63) is 63.3 Å². The second kappa shape index (κ2) is 5.85. The highest BCUT2D eigenvalue weighted by Gasteiger charge is 2.13. The summed E-state index contributed by atoms with van der Waals surface area (Å²) in [4.78, 5) is 4.26. The zero-order valence-corrected chi connectivity index (χ0v) is 12.0. The quantitative estimate of drug-likeness (QED) is 0.720. The first-order chi connectivity index (χ1) is 8.16. The molecule has 0 saturated carbocycles. The molecule has 88 valence electrons. The maximum Gasteiger partial charge on any atom is 0.0655 e. The van der Waals surface area contributed by atoms with E-state index in [-0.39, 0.29) is 5.38 Å². The Kier molecular flexibility index (Phi) is 4.43. The normalized spacial score (nSPS) is 12.4. The Labute approximate surface area is 119 Å². The molecule has 2 rings (SSSR count). The van der Waals surface area contributed by atoms with Crippen LogP contribution < -0.4 is 0 Å². The average Bonchev–Trinajstić information content (AvgIpc) is 2.33. The molecular weight excluding hydrogens is 321 g/mol. The van der Waals surface area contributed by atoms with Crippen LogP contribution in [0.1, 0.15) is 16.6 Å². The van der Waals surface area contributed by atoms with Crippen LogP contribution >= 0.6 is 39.1 Å². The van der Waals surface area contributed by atoms with Crippen molar-refractivity contribution < 1.29 is 0 Å². The van der Waals surface area contributed by atoms with Gasteiger partial charge in [-0.25, -0.2) is 0 Å². The molecule has 0 aliphatic rings. The third-order valence-corrected chi connectivity index (χ3v) is 3.64. The Morgan fingerprint density at radius 1 is 1.24 bits per heavy atom. The van der Waals surface area contributed by atoms with Crippen LogP contribution in [0.5, 0.6) is 0 Å². The van der Waals surface area contributed by atoms with Gasteiger partial charge >= 0.3 is 0 Å². The predicted molar refractivity (Wildman–Crippen MR) is 75.7 cm³/mol. The van der Waals surface area contributed by atoms with Crippen molar-refractivity contribution in [3.8, 4) is 0 Å². The Bertz CT molecular complexity index is 502. The van der Waals surface area contributed by atoms with Crippen LogP contribution in [0.3, 0.4) is 0 Å². The van der Waals surface area contributed by atoms with Gasteiger partial charge < -0.3 is 0 Å². The molecule has 0 radical (unpaired) electrons. The van der Waals surface area contributed by atoms with Gasteiger partial charge in [0.25, 0.3) is 0 Å². The number of benzene rings is 1. The summed E-state index contributed by atoms with van der Waals surface area (Å²) in [5.74, 6) is 0. The second-order valence-electron chi connectivity index (χ2n) is 3.66. The van der Waals surface area contributed by atoms with E-state index in [1.165, 1.54) is 0 Å². The second-order valence-corrected chi connectivity index (χ2v) is 5.51. The number of rotatable bonds is 3. The monoisotopic (exact) mass is 329 g/mol. The van der Waals surface area contributed by atoms with Gasteiger partial charge in [-0.3, -0.25) is 4.98 Å². The highest BCUT2D eigenvalue weighted by molar-refractivity contribution is 9.10. The topological polar surface area (TPSA) is 12.9 Å². The minimum Gasteiger partial charge on any atom is -0.261 e. The van der Waals surface area contributed by atoms with Crippen LogP contribution in [0.15, 0.2) is 47.1 Å². The zero-order chi connectivity index (χ0) is 12.3. The molecule has 0 saturated heterocycles. The molecule has 2 aromatic rings. The molecule has 0 amide bonds. The van der Waals surface area contributed by atoms with Gasteiger partial charge in [-0.1, -0.05) is 33.6 Å². The molecule has 1 unspecified atom stereocenters. The molecule has 1 atom stereocenters. The molecule has 17 heavy (non-hydrogen) atoms. The van der Waals surface area contributed by atoms with Crippen LogP contribution in [0.25, 0.3) is 0 Å². The SMILES string of the molecule is Clc1ccc(Br)cc1C(Cl)Cc1ccccn1. The van der Waals surface area contributed by atoms with Gasteiger partial charge in [0.2, 0.25) is 0 Å². The maximum atomic E-state index is 6.37. The van der Waals surface area contributed by atoms with Gasteiger partial charge in [0.05, 0.1) is 5.38 Å². The highest BCUT2D eigenvalue weighted by Crippen LogP contribution is 2.32. The molecule has 0 fully saturated rings. The molecule has 0 N–H and O–H groups in total. The van der Waals surface area contributed by atoms with E-state index in [4.69, 9.17) is 23.2 Å². The zero-order valence-electron chi connectivity index (χ0n) is 8.91. The largest absolute Gasteiger partial charge is 0.261 e. The lowest BCUT2D eigenvalue weighted by atomic mass is 10.1. The Morgan fingerprint density at radius 3 is 2.76 bits per heavy atom. The summed E-state index contributed by atoms with van der Waals surface area (Å²) in [7, 11) is 0. The smallest absolute Gasteiger partial charge is 0.0655 e. The maximum absolute atomic E-state index is 6.37. The van der Waals surface area contributed by atoms with Crippen LogP contribution in [0.2, 0.25) is 5.02 Å². The van der Waals surface area contributed by atoms with Crippen molar-refractivity contribution in [2.75, 3.05) is 0 Å². The molecule has 0 spiro atoms. The van der Waals surface area contributed by atoms with Crippen molar-refractivity contribution >= 4 is 39.1 Å².